The highest BCUT2D eigenvalue weighted by Gasteiger charge is 2.37. The van der Waals surface area contributed by atoms with E-state index >= 15 is 0 Å². The highest BCUT2D eigenvalue weighted by molar-refractivity contribution is 6.01. The van der Waals surface area contributed by atoms with Crippen molar-refractivity contribution in [3.63, 3.8) is 0 Å². The summed E-state index contributed by atoms with van der Waals surface area (Å²) in [7, 11) is 1.59. The average Bonchev–Trinajstić information content (AvgIpc) is 3.35. The third-order valence-corrected chi connectivity index (χ3v) is 5.83. The summed E-state index contributed by atoms with van der Waals surface area (Å²) in [5.74, 6) is -0.249. The van der Waals surface area contributed by atoms with Gasteiger partial charge in [-0.25, -0.2) is 0 Å². The summed E-state index contributed by atoms with van der Waals surface area (Å²) in [6, 6.07) is 6.81. The fourth-order valence-electron chi connectivity index (χ4n) is 4.06. The Bertz CT molecular complexity index is 741. The number of rotatable bonds is 7. The molecule has 1 aliphatic heterocycles. The molecule has 29 heavy (non-hydrogen) atoms. The molecule has 0 radical (unpaired) electrons. The smallest absolute Gasteiger partial charge is 0.243 e. The van der Waals surface area contributed by atoms with Crippen LogP contribution in [0.15, 0.2) is 24.3 Å². The van der Waals surface area contributed by atoms with Crippen molar-refractivity contribution in [2.45, 2.75) is 58.0 Å². The molecular formula is C22H31N3O4. The van der Waals surface area contributed by atoms with Crippen molar-refractivity contribution in [3.8, 4) is 5.75 Å². The fourth-order valence-corrected chi connectivity index (χ4v) is 4.06. The summed E-state index contributed by atoms with van der Waals surface area (Å²) >= 11 is 0. The number of methoxy groups -OCH3 is 1. The quantitative estimate of drug-likeness (QED) is 0.734. The van der Waals surface area contributed by atoms with Gasteiger partial charge in [-0.3, -0.25) is 14.4 Å². The first-order valence-corrected chi connectivity index (χ1v) is 10.4. The van der Waals surface area contributed by atoms with Crippen molar-refractivity contribution in [1.29, 1.82) is 0 Å². The van der Waals surface area contributed by atoms with Crippen LogP contribution in [0.5, 0.6) is 5.75 Å². The van der Waals surface area contributed by atoms with Crippen LogP contribution in [0.3, 0.4) is 0 Å². The van der Waals surface area contributed by atoms with Gasteiger partial charge in [0.1, 0.15) is 11.8 Å². The number of ether oxygens (including phenoxy) is 1. The molecule has 2 fully saturated rings. The van der Waals surface area contributed by atoms with E-state index in [0.29, 0.717) is 12.3 Å². The number of benzene rings is 1. The van der Waals surface area contributed by atoms with Crippen LogP contribution in [-0.4, -0.2) is 43.5 Å². The Kier molecular flexibility index (Phi) is 6.77. The SMILES string of the molecule is COc1ccc(N2C[C@H](C(=O)N[C@H](C(=O)NC3CCCC3)C(C)C)CC2=O)cc1. The van der Waals surface area contributed by atoms with Crippen molar-refractivity contribution in [2.75, 3.05) is 18.6 Å². The number of carbonyl (C=O) groups is 3. The van der Waals surface area contributed by atoms with Gasteiger partial charge in [-0.05, 0) is 43.0 Å². The van der Waals surface area contributed by atoms with Crippen LogP contribution >= 0.6 is 0 Å². The summed E-state index contributed by atoms with van der Waals surface area (Å²) in [5.41, 5.74) is 0.741. The van der Waals surface area contributed by atoms with E-state index in [1.54, 1.807) is 24.1 Å². The number of amides is 3. The van der Waals surface area contributed by atoms with Gasteiger partial charge in [-0.1, -0.05) is 26.7 Å². The van der Waals surface area contributed by atoms with Crippen LogP contribution in [-0.2, 0) is 14.4 Å². The van der Waals surface area contributed by atoms with E-state index in [9.17, 15) is 14.4 Å². The molecule has 1 saturated carbocycles. The number of nitrogens with one attached hydrogen (secondary N) is 2. The standard InChI is InChI=1S/C22H31N3O4/c1-14(2)20(22(28)23-16-6-4-5-7-16)24-21(27)15-12-19(26)25(13-15)17-8-10-18(29-3)11-9-17/h8-11,14-16,20H,4-7,12-13H2,1-3H3,(H,23,28)(H,24,27)/t15-,20+/m1/s1. The van der Waals surface area contributed by atoms with Crippen molar-refractivity contribution < 1.29 is 19.1 Å². The summed E-state index contributed by atoms with van der Waals surface area (Å²) in [4.78, 5) is 39.6. The van der Waals surface area contributed by atoms with Crippen LogP contribution < -0.4 is 20.3 Å². The highest BCUT2D eigenvalue weighted by atomic mass is 16.5. The van der Waals surface area contributed by atoms with Crippen molar-refractivity contribution in [3.05, 3.63) is 24.3 Å². The van der Waals surface area contributed by atoms with Crippen molar-refractivity contribution >= 4 is 23.4 Å². The zero-order valence-corrected chi connectivity index (χ0v) is 17.4. The highest BCUT2D eigenvalue weighted by Crippen LogP contribution is 2.27. The molecular weight excluding hydrogens is 370 g/mol. The number of carbonyl (C=O) groups excluding carboxylic acids is 3. The second-order valence-corrected chi connectivity index (χ2v) is 8.32. The number of anilines is 1. The largest absolute Gasteiger partial charge is 0.497 e. The first-order valence-electron chi connectivity index (χ1n) is 10.4. The number of hydrogen-bond donors (Lipinski definition) is 2. The lowest BCUT2D eigenvalue weighted by Gasteiger charge is -2.25. The molecule has 7 nitrogen and oxygen atoms in total. The van der Waals surface area contributed by atoms with Gasteiger partial charge in [0.15, 0.2) is 0 Å². The third kappa shape index (κ3) is 5.08. The van der Waals surface area contributed by atoms with Gasteiger partial charge in [-0.15, -0.1) is 0 Å². The Labute approximate surface area is 172 Å². The van der Waals surface area contributed by atoms with Crippen LogP contribution in [0.4, 0.5) is 5.69 Å². The Morgan fingerprint density at radius 3 is 2.38 bits per heavy atom. The molecule has 1 aromatic rings. The van der Waals surface area contributed by atoms with Crippen molar-refractivity contribution in [2.24, 2.45) is 11.8 Å². The Morgan fingerprint density at radius 1 is 1.14 bits per heavy atom. The maximum absolute atomic E-state index is 12.8. The van der Waals surface area contributed by atoms with Gasteiger partial charge in [-0.2, -0.15) is 0 Å². The molecule has 0 bridgehead atoms. The first kappa shape index (κ1) is 21.1. The van der Waals surface area contributed by atoms with Gasteiger partial charge in [0.25, 0.3) is 0 Å². The maximum Gasteiger partial charge on any atom is 0.243 e. The minimum Gasteiger partial charge on any atom is -0.497 e. The lowest BCUT2D eigenvalue weighted by Crippen LogP contribution is -2.53. The van der Waals surface area contributed by atoms with Gasteiger partial charge in [0, 0.05) is 24.7 Å². The normalized spacial score (nSPS) is 20.8. The molecule has 3 amide bonds. The molecule has 1 aliphatic carbocycles. The second-order valence-electron chi connectivity index (χ2n) is 8.32. The average molecular weight is 402 g/mol. The Balaban J connectivity index is 1.61. The van der Waals surface area contributed by atoms with E-state index < -0.39 is 12.0 Å². The molecule has 1 saturated heterocycles. The zero-order chi connectivity index (χ0) is 21.0. The van der Waals surface area contributed by atoms with Crippen molar-refractivity contribution in [1.82, 2.24) is 10.6 Å². The number of nitrogens with zero attached hydrogens (tertiary/aromatic N) is 1. The summed E-state index contributed by atoms with van der Waals surface area (Å²) < 4.78 is 5.15. The lowest BCUT2D eigenvalue weighted by molar-refractivity contribution is -0.132. The molecule has 0 aromatic heterocycles. The Morgan fingerprint density at radius 2 is 1.79 bits per heavy atom. The number of hydrogen-bond acceptors (Lipinski definition) is 4. The molecule has 1 aromatic carbocycles. The predicted molar refractivity (Wildman–Crippen MR) is 111 cm³/mol. The minimum absolute atomic E-state index is 0.0323. The van der Waals surface area contributed by atoms with Crippen LogP contribution in [0.1, 0.15) is 46.0 Å². The summed E-state index contributed by atoms with van der Waals surface area (Å²) in [6.45, 7) is 4.15. The van der Waals surface area contributed by atoms with E-state index in [0.717, 1.165) is 31.4 Å². The molecule has 2 atom stereocenters. The second kappa shape index (κ2) is 9.29. The van der Waals surface area contributed by atoms with E-state index in [-0.39, 0.29) is 36.1 Å². The fraction of sp³-hybridized carbons (Fsp3) is 0.591. The van der Waals surface area contributed by atoms with E-state index in [1.165, 1.54) is 0 Å². The van der Waals surface area contributed by atoms with Crippen LogP contribution in [0, 0.1) is 11.8 Å². The molecule has 3 rings (SSSR count). The molecule has 2 aliphatic rings. The molecule has 2 N–H and O–H groups in total. The summed E-state index contributed by atoms with van der Waals surface area (Å²) in [6.07, 6.45) is 4.41. The maximum atomic E-state index is 12.8. The first-order chi connectivity index (χ1) is 13.9. The predicted octanol–water partition coefficient (Wildman–Crippen LogP) is 2.25. The van der Waals surface area contributed by atoms with E-state index in [1.807, 2.05) is 26.0 Å². The molecule has 1 heterocycles. The van der Waals surface area contributed by atoms with Gasteiger partial charge >= 0.3 is 0 Å². The monoisotopic (exact) mass is 401 g/mol. The summed E-state index contributed by atoms with van der Waals surface area (Å²) in [5, 5.41) is 5.96. The molecule has 0 spiro atoms. The Hall–Kier alpha value is -2.57. The van der Waals surface area contributed by atoms with Gasteiger partial charge < -0.3 is 20.3 Å². The topological polar surface area (TPSA) is 87.7 Å². The third-order valence-electron chi connectivity index (χ3n) is 5.83. The zero-order valence-electron chi connectivity index (χ0n) is 17.4. The van der Waals surface area contributed by atoms with Crippen LogP contribution in [0.25, 0.3) is 0 Å². The molecule has 0 unspecified atom stereocenters. The van der Waals surface area contributed by atoms with Gasteiger partial charge in [0.2, 0.25) is 17.7 Å². The van der Waals surface area contributed by atoms with E-state index in [2.05, 4.69) is 10.6 Å². The van der Waals surface area contributed by atoms with Crippen LogP contribution in [0.2, 0.25) is 0 Å². The lowest BCUT2D eigenvalue weighted by atomic mass is 10.0. The molecule has 158 valence electrons. The minimum atomic E-state index is -0.590. The van der Waals surface area contributed by atoms with E-state index in [4.69, 9.17) is 4.74 Å². The van der Waals surface area contributed by atoms with Gasteiger partial charge in [0.05, 0.1) is 13.0 Å². The molecule has 7 heteroatoms.